The molecule has 4 rings (SSSR count). The predicted octanol–water partition coefficient (Wildman–Crippen LogP) is 4.23. The topological polar surface area (TPSA) is 59.7 Å². The minimum Gasteiger partial charge on any atom is -0.492 e. The fraction of sp³-hybridized carbons (Fsp3) is 0.211. The molecule has 0 atom stereocenters. The molecule has 2 heterocycles. The Kier molecular flexibility index (Phi) is 5.70. The smallest absolute Gasteiger partial charge is 0.232 e. The Bertz CT molecular complexity index is 1110. The van der Waals surface area contributed by atoms with Crippen LogP contribution in [-0.2, 0) is 4.79 Å². The first-order chi connectivity index (χ1) is 13.6. The summed E-state index contributed by atoms with van der Waals surface area (Å²) in [6, 6.07) is 15.2. The number of fused-ring (bicyclic) bond motifs is 3. The van der Waals surface area contributed by atoms with Crippen LogP contribution in [0.15, 0.2) is 53.7 Å². The van der Waals surface area contributed by atoms with Crippen molar-refractivity contribution >= 4 is 55.8 Å². The lowest BCUT2D eigenvalue weighted by atomic mass is 10.3. The average Bonchev–Trinajstić information content (AvgIpc) is 3.27. The van der Waals surface area contributed by atoms with E-state index < -0.39 is 0 Å². The number of ether oxygens (including phenoxy) is 1. The average molecular weight is 433 g/mol. The summed E-state index contributed by atoms with van der Waals surface area (Å²) >= 11 is 8.84. The van der Waals surface area contributed by atoms with Gasteiger partial charge in [-0.3, -0.25) is 9.20 Å². The van der Waals surface area contributed by atoms with Gasteiger partial charge in [-0.25, -0.2) is 0 Å². The van der Waals surface area contributed by atoms with E-state index in [0.717, 1.165) is 26.1 Å². The highest BCUT2D eigenvalue weighted by Crippen LogP contribution is 2.29. The molecular formula is C19H17ClN4O2S2. The number of thiazole rings is 1. The molecule has 4 aromatic rings. The fourth-order valence-electron chi connectivity index (χ4n) is 2.64. The standard InChI is InChI=1S/C19H17ClN4O2S2/c1-23(10-11-26-14-8-6-13(20)7-9-14)17(25)12-27-18-21-22-19-24(18)15-4-2-3-5-16(15)28-19/h2-9H,10-12H2,1H3. The van der Waals surface area contributed by atoms with E-state index in [4.69, 9.17) is 16.3 Å². The molecule has 144 valence electrons. The normalized spacial score (nSPS) is 11.2. The van der Waals surface area contributed by atoms with Crippen LogP contribution in [0.4, 0.5) is 0 Å². The summed E-state index contributed by atoms with van der Waals surface area (Å²) < 4.78 is 8.79. The molecule has 0 saturated heterocycles. The maximum absolute atomic E-state index is 12.4. The molecule has 0 spiro atoms. The number of amides is 1. The number of halogens is 1. The number of carbonyl (C=O) groups excluding carboxylic acids is 1. The fourth-order valence-corrected chi connectivity index (χ4v) is 4.68. The van der Waals surface area contributed by atoms with Gasteiger partial charge in [-0.05, 0) is 36.4 Å². The van der Waals surface area contributed by atoms with Crippen molar-refractivity contribution in [2.75, 3.05) is 26.0 Å². The van der Waals surface area contributed by atoms with Crippen molar-refractivity contribution in [2.24, 2.45) is 0 Å². The zero-order valence-electron chi connectivity index (χ0n) is 15.0. The van der Waals surface area contributed by atoms with Gasteiger partial charge in [0, 0.05) is 12.1 Å². The van der Waals surface area contributed by atoms with Crippen LogP contribution in [0.25, 0.3) is 15.2 Å². The number of thioether (sulfide) groups is 1. The Hall–Kier alpha value is -2.29. The van der Waals surface area contributed by atoms with E-state index >= 15 is 0 Å². The highest BCUT2D eigenvalue weighted by atomic mass is 35.5. The second-order valence-electron chi connectivity index (χ2n) is 6.08. The van der Waals surface area contributed by atoms with Crippen molar-refractivity contribution in [3.8, 4) is 5.75 Å². The number of rotatable bonds is 7. The van der Waals surface area contributed by atoms with Crippen LogP contribution >= 0.6 is 34.7 Å². The second kappa shape index (κ2) is 8.38. The Morgan fingerprint density at radius 2 is 2.00 bits per heavy atom. The van der Waals surface area contributed by atoms with Crippen LogP contribution in [0.2, 0.25) is 5.02 Å². The molecule has 2 aromatic heterocycles. The third-order valence-corrected chi connectivity index (χ3v) is 6.35. The Balaban J connectivity index is 1.32. The molecule has 0 saturated carbocycles. The first-order valence-electron chi connectivity index (χ1n) is 8.59. The second-order valence-corrected chi connectivity index (χ2v) is 8.46. The molecule has 28 heavy (non-hydrogen) atoms. The van der Waals surface area contributed by atoms with Crippen LogP contribution in [0.1, 0.15) is 0 Å². The lowest BCUT2D eigenvalue weighted by molar-refractivity contribution is -0.127. The van der Waals surface area contributed by atoms with E-state index in [1.54, 1.807) is 35.4 Å². The summed E-state index contributed by atoms with van der Waals surface area (Å²) in [6.45, 7) is 0.914. The summed E-state index contributed by atoms with van der Waals surface area (Å²) in [5.41, 5.74) is 1.06. The highest BCUT2D eigenvalue weighted by molar-refractivity contribution is 7.99. The maximum atomic E-state index is 12.4. The first-order valence-corrected chi connectivity index (χ1v) is 10.8. The minimum absolute atomic E-state index is 0.0148. The van der Waals surface area contributed by atoms with Gasteiger partial charge in [-0.15, -0.1) is 10.2 Å². The zero-order valence-corrected chi connectivity index (χ0v) is 17.4. The number of para-hydroxylation sites is 1. The molecule has 9 heteroatoms. The third kappa shape index (κ3) is 4.09. The molecule has 0 bridgehead atoms. The summed E-state index contributed by atoms with van der Waals surface area (Å²) in [5.74, 6) is 1.04. The predicted molar refractivity (Wildman–Crippen MR) is 114 cm³/mol. The van der Waals surface area contributed by atoms with Gasteiger partial charge >= 0.3 is 0 Å². The quantitative estimate of drug-likeness (QED) is 0.409. The van der Waals surface area contributed by atoms with Gasteiger partial charge in [-0.2, -0.15) is 0 Å². The van der Waals surface area contributed by atoms with E-state index in [1.807, 2.05) is 34.7 Å². The molecule has 0 aliphatic rings. The number of carbonyl (C=O) groups is 1. The number of aromatic nitrogens is 3. The van der Waals surface area contributed by atoms with Crippen molar-refractivity contribution in [1.29, 1.82) is 0 Å². The summed E-state index contributed by atoms with van der Waals surface area (Å²) in [5, 5.41) is 9.84. The van der Waals surface area contributed by atoms with Crippen LogP contribution in [-0.4, -0.2) is 51.4 Å². The number of hydrogen-bond acceptors (Lipinski definition) is 6. The van der Waals surface area contributed by atoms with Crippen molar-refractivity contribution in [1.82, 2.24) is 19.5 Å². The van der Waals surface area contributed by atoms with Gasteiger partial charge in [-0.1, -0.05) is 46.8 Å². The van der Waals surface area contributed by atoms with E-state index in [1.165, 1.54) is 11.8 Å². The minimum atomic E-state index is 0.0148. The van der Waals surface area contributed by atoms with Crippen LogP contribution in [0.5, 0.6) is 5.75 Å². The molecule has 1 amide bonds. The zero-order chi connectivity index (χ0) is 19.5. The van der Waals surface area contributed by atoms with Crippen molar-refractivity contribution in [2.45, 2.75) is 5.16 Å². The molecule has 0 radical (unpaired) electrons. The molecule has 0 aliphatic heterocycles. The number of benzene rings is 2. The van der Waals surface area contributed by atoms with Gasteiger partial charge in [0.1, 0.15) is 12.4 Å². The summed E-state index contributed by atoms with van der Waals surface area (Å²) in [6.07, 6.45) is 0. The van der Waals surface area contributed by atoms with Crippen molar-refractivity contribution in [3.63, 3.8) is 0 Å². The van der Waals surface area contributed by atoms with Crippen molar-refractivity contribution in [3.05, 3.63) is 53.6 Å². The Morgan fingerprint density at radius 3 is 2.82 bits per heavy atom. The largest absolute Gasteiger partial charge is 0.492 e. The lowest BCUT2D eigenvalue weighted by Gasteiger charge is -2.17. The van der Waals surface area contributed by atoms with E-state index in [9.17, 15) is 4.79 Å². The third-order valence-electron chi connectivity index (χ3n) is 4.17. The van der Waals surface area contributed by atoms with E-state index in [-0.39, 0.29) is 5.91 Å². The number of likely N-dealkylation sites (N-methyl/N-ethyl adjacent to an activating group) is 1. The van der Waals surface area contributed by atoms with Crippen LogP contribution < -0.4 is 4.74 Å². The van der Waals surface area contributed by atoms with Gasteiger partial charge in [0.25, 0.3) is 0 Å². The van der Waals surface area contributed by atoms with Gasteiger partial charge in [0.05, 0.1) is 22.5 Å². The maximum Gasteiger partial charge on any atom is 0.232 e. The Labute approximate surface area is 175 Å². The molecule has 2 aromatic carbocycles. The van der Waals surface area contributed by atoms with Gasteiger partial charge < -0.3 is 9.64 Å². The number of nitrogens with zero attached hydrogens (tertiary/aromatic N) is 4. The number of hydrogen-bond donors (Lipinski definition) is 0. The summed E-state index contributed by atoms with van der Waals surface area (Å²) in [4.78, 5) is 14.9. The molecule has 0 unspecified atom stereocenters. The van der Waals surface area contributed by atoms with Gasteiger partial charge in [0.2, 0.25) is 10.9 Å². The molecule has 0 N–H and O–H groups in total. The van der Waals surface area contributed by atoms with Crippen LogP contribution in [0, 0.1) is 0 Å². The van der Waals surface area contributed by atoms with E-state index in [0.29, 0.717) is 23.9 Å². The Morgan fingerprint density at radius 1 is 1.21 bits per heavy atom. The molecule has 0 aliphatic carbocycles. The molecule has 6 nitrogen and oxygen atoms in total. The monoisotopic (exact) mass is 432 g/mol. The first kappa shape index (κ1) is 19.0. The summed E-state index contributed by atoms with van der Waals surface area (Å²) in [7, 11) is 1.77. The SMILES string of the molecule is CN(CCOc1ccc(Cl)cc1)C(=O)CSc1nnc2sc3ccccc3n12. The van der Waals surface area contributed by atoms with Gasteiger partial charge in [0.15, 0.2) is 5.16 Å². The van der Waals surface area contributed by atoms with Crippen molar-refractivity contribution < 1.29 is 9.53 Å². The highest BCUT2D eigenvalue weighted by Gasteiger charge is 2.15. The molecule has 0 fully saturated rings. The molecular weight excluding hydrogens is 416 g/mol. The van der Waals surface area contributed by atoms with Crippen LogP contribution in [0.3, 0.4) is 0 Å². The van der Waals surface area contributed by atoms with E-state index in [2.05, 4.69) is 16.3 Å². The lowest BCUT2D eigenvalue weighted by Crippen LogP contribution is -2.32.